The van der Waals surface area contributed by atoms with E-state index in [9.17, 15) is 9.18 Å². The van der Waals surface area contributed by atoms with Crippen LogP contribution in [0.3, 0.4) is 0 Å². The number of hydrogen-bond donors (Lipinski definition) is 2. The molecule has 1 amide bonds. The monoisotopic (exact) mass is 492 g/mol. The first-order valence-corrected chi connectivity index (χ1v) is 12.5. The Morgan fingerprint density at radius 1 is 1.11 bits per heavy atom. The standard InChI is InChI=1S/C26H29FN6O3/c1-26(24(34)29-18-8-9-18)14-35-23(36-15-26)22-31-20(16-4-6-17(27)7-5-16)21(32-22)19-10-11-28-25(30-19)33-12-2-3-13-33/h4-7,10-11,18,23H,2-3,8-9,12-15H2,1H3,(H,29,34)(H,31,32). The second-order valence-corrected chi connectivity index (χ2v) is 10.1. The number of rotatable bonds is 6. The molecule has 6 rings (SSSR count). The number of aromatic nitrogens is 4. The van der Waals surface area contributed by atoms with Gasteiger partial charge in [-0.2, -0.15) is 0 Å². The van der Waals surface area contributed by atoms with Gasteiger partial charge in [0.15, 0.2) is 5.82 Å². The zero-order chi connectivity index (χ0) is 24.7. The van der Waals surface area contributed by atoms with Crippen molar-refractivity contribution in [3.63, 3.8) is 0 Å². The number of aromatic amines is 1. The number of benzene rings is 1. The summed E-state index contributed by atoms with van der Waals surface area (Å²) >= 11 is 0. The average Bonchev–Trinajstić information content (AvgIpc) is 3.36. The highest BCUT2D eigenvalue weighted by Crippen LogP contribution is 2.36. The number of anilines is 1. The van der Waals surface area contributed by atoms with Crippen molar-refractivity contribution in [3.8, 4) is 22.6 Å². The van der Waals surface area contributed by atoms with Crippen LogP contribution < -0.4 is 10.2 Å². The van der Waals surface area contributed by atoms with E-state index in [4.69, 9.17) is 19.4 Å². The summed E-state index contributed by atoms with van der Waals surface area (Å²) in [5.74, 6) is 0.771. The topological polar surface area (TPSA) is 105 Å². The van der Waals surface area contributed by atoms with Gasteiger partial charge in [0.25, 0.3) is 0 Å². The van der Waals surface area contributed by atoms with Gasteiger partial charge in [-0.25, -0.2) is 19.3 Å². The molecule has 2 saturated heterocycles. The molecular formula is C26H29FN6O3. The minimum absolute atomic E-state index is 0.0500. The Morgan fingerprint density at radius 2 is 1.83 bits per heavy atom. The van der Waals surface area contributed by atoms with Gasteiger partial charge >= 0.3 is 0 Å². The molecule has 2 aliphatic heterocycles. The van der Waals surface area contributed by atoms with Crippen LogP contribution in [0, 0.1) is 11.2 Å². The second kappa shape index (κ2) is 9.25. The van der Waals surface area contributed by atoms with Crippen molar-refractivity contribution in [2.45, 2.75) is 44.9 Å². The molecule has 1 aliphatic carbocycles. The highest BCUT2D eigenvalue weighted by Gasteiger charge is 2.42. The van der Waals surface area contributed by atoms with Gasteiger partial charge in [-0.1, -0.05) is 0 Å². The van der Waals surface area contributed by atoms with E-state index in [1.165, 1.54) is 12.1 Å². The summed E-state index contributed by atoms with van der Waals surface area (Å²) in [6.45, 7) is 4.13. The maximum absolute atomic E-state index is 13.6. The first kappa shape index (κ1) is 23.1. The summed E-state index contributed by atoms with van der Waals surface area (Å²) in [6.07, 6.45) is 5.27. The van der Waals surface area contributed by atoms with Crippen molar-refractivity contribution in [2.24, 2.45) is 5.41 Å². The molecule has 9 nitrogen and oxygen atoms in total. The molecule has 0 atom stereocenters. The van der Waals surface area contributed by atoms with E-state index < -0.39 is 11.7 Å². The molecule has 2 N–H and O–H groups in total. The van der Waals surface area contributed by atoms with Gasteiger partial charge in [0, 0.05) is 30.9 Å². The fourth-order valence-electron chi connectivity index (χ4n) is 4.55. The van der Waals surface area contributed by atoms with Crippen LogP contribution >= 0.6 is 0 Å². The molecule has 3 aromatic rings. The van der Waals surface area contributed by atoms with E-state index in [1.807, 2.05) is 13.0 Å². The molecule has 3 aliphatic rings. The van der Waals surface area contributed by atoms with E-state index >= 15 is 0 Å². The SMILES string of the molecule is CC1(C(=O)NC2CC2)COC(c2nc(-c3ccc(F)cc3)c(-c3ccnc(N4CCCC4)n3)[nH]2)OC1. The Bertz CT molecular complexity index is 1240. The molecule has 1 saturated carbocycles. The number of carbonyl (C=O) groups excluding carboxylic acids is 1. The van der Waals surface area contributed by atoms with Crippen molar-refractivity contribution in [2.75, 3.05) is 31.2 Å². The van der Waals surface area contributed by atoms with Gasteiger partial charge in [-0.3, -0.25) is 4.79 Å². The van der Waals surface area contributed by atoms with Crippen LogP contribution in [-0.4, -0.2) is 58.2 Å². The van der Waals surface area contributed by atoms with Gasteiger partial charge < -0.3 is 24.7 Å². The zero-order valence-electron chi connectivity index (χ0n) is 20.2. The third-order valence-corrected chi connectivity index (χ3v) is 6.92. The number of hydrogen-bond acceptors (Lipinski definition) is 7. The Hall–Kier alpha value is -3.37. The first-order valence-electron chi connectivity index (χ1n) is 12.5. The number of imidazole rings is 1. The highest BCUT2D eigenvalue weighted by molar-refractivity contribution is 5.83. The molecule has 3 fully saturated rings. The molecular weight excluding hydrogens is 463 g/mol. The third-order valence-electron chi connectivity index (χ3n) is 6.92. The van der Waals surface area contributed by atoms with Crippen molar-refractivity contribution in [1.82, 2.24) is 25.3 Å². The number of amides is 1. The van der Waals surface area contributed by atoms with Crippen molar-refractivity contribution in [3.05, 3.63) is 48.2 Å². The number of nitrogens with zero attached hydrogens (tertiary/aromatic N) is 4. The summed E-state index contributed by atoms with van der Waals surface area (Å²) in [7, 11) is 0. The van der Waals surface area contributed by atoms with Gasteiger partial charge in [0.2, 0.25) is 18.1 Å². The number of H-pyrrole nitrogens is 1. The maximum atomic E-state index is 13.6. The zero-order valence-corrected chi connectivity index (χ0v) is 20.2. The molecule has 36 heavy (non-hydrogen) atoms. The van der Waals surface area contributed by atoms with Crippen LogP contribution in [0.5, 0.6) is 0 Å². The van der Waals surface area contributed by atoms with Crippen LogP contribution in [0.15, 0.2) is 36.5 Å². The maximum Gasteiger partial charge on any atom is 0.230 e. The summed E-state index contributed by atoms with van der Waals surface area (Å²) in [6, 6.07) is 8.27. The number of ether oxygens (including phenoxy) is 2. The lowest BCUT2D eigenvalue weighted by atomic mass is 9.91. The van der Waals surface area contributed by atoms with E-state index in [0.717, 1.165) is 44.3 Å². The minimum Gasteiger partial charge on any atom is -0.353 e. The molecule has 188 valence electrons. The number of halogens is 1. The lowest BCUT2D eigenvalue weighted by molar-refractivity contribution is -0.231. The van der Waals surface area contributed by atoms with E-state index in [-0.39, 0.29) is 31.0 Å². The third kappa shape index (κ3) is 4.58. The van der Waals surface area contributed by atoms with Gasteiger partial charge in [0.1, 0.15) is 5.82 Å². The van der Waals surface area contributed by atoms with Crippen LogP contribution in [0.1, 0.15) is 44.7 Å². The van der Waals surface area contributed by atoms with Crippen LogP contribution in [-0.2, 0) is 14.3 Å². The Kier molecular flexibility index (Phi) is 5.93. The lowest BCUT2D eigenvalue weighted by Gasteiger charge is -2.35. The Labute approximate surface area is 208 Å². The van der Waals surface area contributed by atoms with E-state index in [0.29, 0.717) is 28.9 Å². The predicted octanol–water partition coefficient (Wildman–Crippen LogP) is 3.60. The molecule has 0 bridgehead atoms. The van der Waals surface area contributed by atoms with Crippen LogP contribution in [0.2, 0.25) is 0 Å². The van der Waals surface area contributed by atoms with E-state index in [1.54, 1.807) is 18.3 Å². The molecule has 0 spiro atoms. The van der Waals surface area contributed by atoms with Gasteiger partial charge in [-0.15, -0.1) is 0 Å². The highest BCUT2D eigenvalue weighted by atomic mass is 19.1. The van der Waals surface area contributed by atoms with E-state index in [2.05, 4.69) is 20.2 Å². The largest absolute Gasteiger partial charge is 0.353 e. The summed E-state index contributed by atoms with van der Waals surface area (Å²) in [5, 5.41) is 3.04. The fourth-order valence-corrected chi connectivity index (χ4v) is 4.55. The van der Waals surface area contributed by atoms with Crippen LogP contribution in [0.25, 0.3) is 22.6 Å². The fraction of sp³-hybridized carbons (Fsp3) is 0.462. The summed E-state index contributed by atoms with van der Waals surface area (Å²) < 4.78 is 25.6. The lowest BCUT2D eigenvalue weighted by Crippen LogP contribution is -2.49. The normalized spacial score (nSPS) is 24.2. The van der Waals surface area contributed by atoms with Crippen LogP contribution in [0.4, 0.5) is 10.3 Å². The Morgan fingerprint density at radius 3 is 2.53 bits per heavy atom. The molecule has 0 unspecified atom stereocenters. The molecule has 0 radical (unpaired) electrons. The quantitative estimate of drug-likeness (QED) is 0.542. The molecule has 1 aromatic carbocycles. The van der Waals surface area contributed by atoms with Gasteiger partial charge in [0.05, 0.1) is 35.7 Å². The molecule has 10 heteroatoms. The average molecular weight is 493 g/mol. The summed E-state index contributed by atoms with van der Waals surface area (Å²) in [5.41, 5.74) is 1.94. The second-order valence-electron chi connectivity index (χ2n) is 10.1. The number of nitrogens with one attached hydrogen (secondary N) is 2. The van der Waals surface area contributed by atoms with Gasteiger partial charge in [-0.05, 0) is 62.9 Å². The van der Waals surface area contributed by atoms with Crippen molar-refractivity contribution >= 4 is 11.9 Å². The minimum atomic E-state index is -0.764. The summed E-state index contributed by atoms with van der Waals surface area (Å²) in [4.78, 5) is 32.2. The molecule has 2 aromatic heterocycles. The number of carbonyl (C=O) groups is 1. The van der Waals surface area contributed by atoms with Crippen molar-refractivity contribution < 1.29 is 18.7 Å². The Balaban J connectivity index is 1.30. The molecule has 4 heterocycles. The smallest absolute Gasteiger partial charge is 0.230 e. The first-order chi connectivity index (χ1) is 17.5. The predicted molar refractivity (Wildman–Crippen MR) is 130 cm³/mol. The van der Waals surface area contributed by atoms with Crippen molar-refractivity contribution in [1.29, 1.82) is 0 Å².